The molecule has 0 amide bonds. The molecule has 0 saturated carbocycles. The minimum Gasteiger partial charge on any atom is -0.407 e. The lowest BCUT2D eigenvalue weighted by molar-refractivity contribution is 0.525. The Kier molecular flexibility index (Phi) is 3.79. The average Bonchev–Trinajstić information content (AvgIpc) is 2.95. The zero-order chi connectivity index (χ0) is 11.4. The summed E-state index contributed by atoms with van der Waals surface area (Å²) in [4.78, 5) is 2.63. The number of hydrogen-bond acceptors (Lipinski definition) is 5. The summed E-state index contributed by atoms with van der Waals surface area (Å²) < 4.78 is 5.23. The molecule has 0 atom stereocenters. The summed E-state index contributed by atoms with van der Waals surface area (Å²) in [6, 6.07) is 4.66. The van der Waals surface area contributed by atoms with Crippen LogP contribution in [0.3, 0.4) is 0 Å². The molecule has 6 heteroatoms. The van der Waals surface area contributed by atoms with Gasteiger partial charge in [-0.3, -0.25) is 0 Å². The minimum absolute atomic E-state index is 0.244. The van der Waals surface area contributed by atoms with E-state index in [0.717, 1.165) is 6.42 Å². The van der Waals surface area contributed by atoms with Crippen molar-refractivity contribution in [2.45, 2.75) is 25.8 Å². The quantitative estimate of drug-likeness (QED) is 0.837. The van der Waals surface area contributed by atoms with E-state index in [-0.39, 0.29) is 5.88 Å². The van der Waals surface area contributed by atoms with Crippen molar-refractivity contribution in [2.75, 3.05) is 5.32 Å². The second kappa shape index (κ2) is 5.32. The minimum atomic E-state index is 0.244. The number of alkyl halides is 1. The Labute approximate surface area is 103 Å². The van der Waals surface area contributed by atoms with Gasteiger partial charge in [-0.1, -0.05) is 12.0 Å². The van der Waals surface area contributed by atoms with E-state index < -0.39 is 0 Å². The fourth-order valence-electron chi connectivity index (χ4n) is 1.25. The first-order valence-corrected chi connectivity index (χ1v) is 6.36. The average molecular weight is 258 g/mol. The first kappa shape index (κ1) is 11.4. The van der Waals surface area contributed by atoms with E-state index in [2.05, 4.69) is 34.6 Å². The summed E-state index contributed by atoms with van der Waals surface area (Å²) >= 11 is 7.34. The van der Waals surface area contributed by atoms with Crippen LogP contribution in [-0.2, 0) is 18.8 Å². The van der Waals surface area contributed by atoms with Crippen molar-refractivity contribution in [1.29, 1.82) is 0 Å². The molecule has 0 aliphatic carbocycles. The number of thiophene rings is 1. The van der Waals surface area contributed by atoms with Crippen LogP contribution in [0.1, 0.15) is 22.6 Å². The Morgan fingerprint density at radius 1 is 1.38 bits per heavy atom. The van der Waals surface area contributed by atoms with Gasteiger partial charge in [-0.15, -0.1) is 28.0 Å². The third-order valence-corrected chi connectivity index (χ3v) is 3.52. The molecule has 0 unspecified atom stereocenters. The van der Waals surface area contributed by atoms with Crippen molar-refractivity contribution in [3.8, 4) is 0 Å². The smallest absolute Gasteiger partial charge is 0.315 e. The van der Waals surface area contributed by atoms with Gasteiger partial charge in [0.1, 0.15) is 5.88 Å². The molecule has 0 radical (unpaired) electrons. The molecule has 0 spiro atoms. The highest BCUT2D eigenvalue weighted by Crippen LogP contribution is 2.18. The number of nitrogens with zero attached hydrogens (tertiary/aromatic N) is 2. The number of rotatable bonds is 5. The third-order valence-electron chi connectivity index (χ3n) is 2.06. The predicted molar refractivity (Wildman–Crippen MR) is 64.9 cm³/mol. The van der Waals surface area contributed by atoms with Gasteiger partial charge in [-0.05, 0) is 18.6 Å². The maximum Gasteiger partial charge on any atom is 0.315 e. The lowest BCUT2D eigenvalue weighted by atomic mass is 10.4. The van der Waals surface area contributed by atoms with E-state index in [1.54, 1.807) is 11.3 Å². The fourth-order valence-corrected chi connectivity index (χ4v) is 2.25. The second-order valence-electron chi connectivity index (χ2n) is 3.21. The Hall–Kier alpha value is -1.07. The largest absolute Gasteiger partial charge is 0.407 e. The van der Waals surface area contributed by atoms with Gasteiger partial charge in [0.05, 0.1) is 6.54 Å². The van der Waals surface area contributed by atoms with Crippen LogP contribution in [0.4, 0.5) is 6.01 Å². The molecule has 0 aliphatic heterocycles. The van der Waals surface area contributed by atoms with E-state index in [1.165, 1.54) is 9.75 Å². The van der Waals surface area contributed by atoms with Crippen LogP contribution in [0, 0.1) is 0 Å². The molecule has 1 N–H and O–H groups in total. The van der Waals surface area contributed by atoms with E-state index >= 15 is 0 Å². The highest BCUT2D eigenvalue weighted by molar-refractivity contribution is 7.12. The maximum atomic E-state index is 5.56. The van der Waals surface area contributed by atoms with Gasteiger partial charge >= 0.3 is 6.01 Å². The Balaban J connectivity index is 1.91. The molecule has 2 rings (SSSR count). The Morgan fingerprint density at radius 2 is 2.19 bits per heavy atom. The molecule has 0 bridgehead atoms. The molecule has 2 heterocycles. The zero-order valence-electron chi connectivity index (χ0n) is 8.86. The van der Waals surface area contributed by atoms with Crippen LogP contribution in [0.25, 0.3) is 0 Å². The van der Waals surface area contributed by atoms with Gasteiger partial charge in [-0.2, -0.15) is 0 Å². The van der Waals surface area contributed by atoms with Crippen LogP contribution >= 0.6 is 22.9 Å². The number of hydrogen-bond donors (Lipinski definition) is 1. The van der Waals surface area contributed by atoms with Gasteiger partial charge < -0.3 is 9.73 Å². The van der Waals surface area contributed by atoms with Gasteiger partial charge in [0.15, 0.2) is 0 Å². The molecular weight excluding hydrogens is 246 g/mol. The number of anilines is 1. The van der Waals surface area contributed by atoms with Crippen LogP contribution in [0.15, 0.2) is 16.5 Å². The first-order valence-electron chi connectivity index (χ1n) is 5.01. The lowest BCUT2D eigenvalue weighted by Crippen LogP contribution is -1.97. The highest BCUT2D eigenvalue weighted by Gasteiger charge is 2.04. The van der Waals surface area contributed by atoms with E-state index in [9.17, 15) is 0 Å². The highest BCUT2D eigenvalue weighted by atomic mass is 35.5. The van der Waals surface area contributed by atoms with E-state index in [4.69, 9.17) is 16.0 Å². The first-order chi connectivity index (χ1) is 7.81. The molecular formula is C10H12ClN3OS. The molecule has 0 fully saturated rings. The SMILES string of the molecule is CCc1ccc(CNc2nnc(CCl)o2)s1. The summed E-state index contributed by atoms with van der Waals surface area (Å²) in [7, 11) is 0. The zero-order valence-corrected chi connectivity index (χ0v) is 10.4. The number of aromatic nitrogens is 2. The molecule has 2 aromatic rings. The van der Waals surface area contributed by atoms with Crippen molar-refractivity contribution >= 4 is 29.0 Å². The third kappa shape index (κ3) is 2.74. The van der Waals surface area contributed by atoms with Crippen LogP contribution in [0.2, 0.25) is 0 Å². The van der Waals surface area contributed by atoms with Crippen LogP contribution in [0.5, 0.6) is 0 Å². The lowest BCUT2D eigenvalue weighted by Gasteiger charge is -1.96. The summed E-state index contributed by atoms with van der Waals surface area (Å²) in [6.07, 6.45) is 1.07. The molecule has 0 saturated heterocycles. The molecule has 86 valence electrons. The van der Waals surface area contributed by atoms with E-state index in [0.29, 0.717) is 18.5 Å². The molecule has 2 aromatic heterocycles. The summed E-state index contributed by atoms with van der Waals surface area (Å²) in [5.74, 6) is 0.679. The topological polar surface area (TPSA) is 51.0 Å². The second-order valence-corrected chi connectivity index (χ2v) is 4.73. The predicted octanol–water partition coefficient (Wildman–Crippen LogP) is 3.04. The molecule has 0 aliphatic rings. The van der Waals surface area contributed by atoms with Gasteiger partial charge in [0.25, 0.3) is 0 Å². The summed E-state index contributed by atoms with van der Waals surface area (Å²) in [6.45, 7) is 2.85. The van der Waals surface area contributed by atoms with Gasteiger partial charge in [0, 0.05) is 9.75 Å². The normalized spacial score (nSPS) is 10.6. The fraction of sp³-hybridized carbons (Fsp3) is 0.400. The van der Waals surface area contributed by atoms with E-state index in [1.807, 2.05) is 0 Å². The maximum absolute atomic E-state index is 5.56. The van der Waals surface area contributed by atoms with Crippen molar-refractivity contribution in [3.05, 3.63) is 27.8 Å². The summed E-state index contributed by atoms with van der Waals surface area (Å²) in [5.41, 5.74) is 0. The standard InChI is InChI=1S/C10H12ClN3OS/c1-2-7-3-4-8(16-7)6-12-10-14-13-9(5-11)15-10/h3-4H,2,5-6H2,1H3,(H,12,14). The molecule has 0 aromatic carbocycles. The number of nitrogens with one attached hydrogen (secondary N) is 1. The molecule has 4 nitrogen and oxygen atoms in total. The van der Waals surface area contributed by atoms with Crippen molar-refractivity contribution < 1.29 is 4.42 Å². The van der Waals surface area contributed by atoms with Crippen molar-refractivity contribution in [3.63, 3.8) is 0 Å². The number of halogens is 1. The monoisotopic (exact) mass is 257 g/mol. The Bertz CT molecular complexity index is 412. The van der Waals surface area contributed by atoms with Crippen molar-refractivity contribution in [1.82, 2.24) is 10.2 Å². The van der Waals surface area contributed by atoms with Crippen LogP contribution in [-0.4, -0.2) is 10.2 Å². The van der Waals surface area contributed by atoms with Gasteiger partial charge in [0.2, 0.25) is 5.89 Å². The number of aryl methyl sites for hydroxylation is 1. The summed E-state index contributed by atoms with van der Waals surface area (Å²) in [5, 5.41) is 10.6. The Morgan fingerprint density at radius 3 is 2.81 bits per heavy atom. The van der Waals surface area contributed by atoms with Gasteiger partial charge in [-0.25, -0.2) is 0 Å². The van der Waals surface area contributed by atoms with Crippen molar-refractivity contribution in [2.24, 2.45) is 0 Å². The van der Waals surface area contributed by atoms with Crippen LogP contribution < -0.4 is 5.32 Å². The molecule has 16 heavy (non-hydrogen) atoms.